The molecule has 0 spiro atoms. The molecule has 154 valence electrons. The first kappa shape index (κ1) is 21.4. The van der Waals surface area contributed by atoms with Crippen molar-refractivity contribution in [2.45, 2.75) is 13.3 Å². The summed E-state index contributed by atoms with van der Waals surface area (Å²) < 4.78 is 19.3. The predicted octanol–water partition coefficient (Wildman–Crippen LogP) is 4.24. The fourth-order valence-corrected chi connectivity index (χ4v) is 2.98. The number of nitrogens with zero attached hydrogens (tertiary/aromatic N) is 2. The van der Waals surface area contributed by atoms with Crippen molar-refractivity contribution in [2.75, 3.05) is 11.9 Å². The highest BCUT2D eigenvalue weighted by atomic mass is 79.9. The molecule has 0 fully saturated rings. The number of anilines is 1. The van der Waals surface area contributed by atoms with E-state index in [-0.39, 0.29) is 30.4 Å². The standard InChI is InChI=1S/C21H18BrFN4O3/c1-13-11-15(30-21-25-8-2-9-26-21)4-6-18(13)27-19(28)7-10-24-20(29)16-12-14(23)3-5-17(16)22/h2-6,8-9,11-12H,7,10H2,1H3,(H,24,29)(H,27,28). The number of carbonyl (C=O) groups excluding carboxylic acids is 2. The van der Waals surface area contributed by atoms with Gasteiger partial charge in [0.2, 0.25) is 5.91 Å². The Morgan fingerprint density at radius 2 is 1.90 bits per heavy atom. The minimum absolute atomic E-state index is 0.0637. The predicted molar refractivity (Wildman–Crippen MR) is 113 cm³/mol. The number of hydrogen-bond acceptors (Lipinski definition) is 5. The van der Waals surface area contributed by atoms with Gasteiger partial charge in [-0.15, -0.1) is 0 Å². The third-order valence-electron chi connectivity index (χ3n) is 4.03. The molecule has 2 aromatic carbocycles. The zero-order chi connectivity index (χ0) is 21.5. The molecule has 0 bridgehead atoms. The quantitative estimate of drug-likeness (QED) is 0.536. The number of hydrogen-bond donors (Lipinski definition) is 2. The lowest BCUT2D eigenvalue weighted by atomic mass is 10.2. The maximum atomic E-state index is 13.3. The number of aromatic nitrogens is 2. The number of benzene rings is 2. The molecule has 3 rings (SSSR count). The van der Waals surface area contributed by atoms with E-state index in [2.05, 4.69) is 36.5 Å². The van der Waals surface area contributed by atoms with E-state index < -0.39 is 11.7 Å². The lowest BCUT2D eigenvalue weighted by Crippen LogP contribution is -2.28. The zero-order valence-electron chi connectivity index (χ0n) is 16.0. The lowest BCUT2D eigenvalue weighted by Gasteiger charge is -2.11. The largest absolute Gasteiger partial charge is 0.424 e. The van der Waals surface area contributed by atoms with E-state index in [1.165, 1.54) is 12.1 Å². The monoisotopic (exact) mass is 472 g/mol. The number of nitrogens with one attached hydrogen (secondary N) is 2. The van der Waals surface area contributed by atoms with Crippen LogP contribution in [0, 0.1) is 12.7 Å². The van der Waals surface area contributed by atoms with E-state index in [9.17, 15) is 14.0 Å². The van der Waals surface area contributed by atoms with Gasteiger partial charge in [-0.3, -0.25) is 9.59 Å². The Morgan fingerprint density at radius 3 is 2.63 bits per heavy atom. The summed E-state index contributed by atoms with van der Waals surface area (Å²) in [6.07, 6.45) is 3.22. The molecule has 9 heteroatoms. The van der Waals surface area contributed by atoms with Gasteiger partial charge in [-0.1, -0.05) is 0 Å². The van der Waals surface area contributed by atoms with Crippen LogP contribution in [-0.2, 0) is 4.79 Å². The van der Waals surface area contributed by atoms with Gasteiger partial charge < -0.3 is 15.4 Å². The molecule has 1 aromatic heterocycles. The first-order chi connectivity index (χ1) is 14.4. The Labute approximate surface area is 180 Å². The summed E-state index contributed by atoms with van der Waals surface area (Å²) in [7, 11) is 0. The van der Waals surface area contributed by atoms with E-state index >= 15 is 0 Å². The van der Waals surface area contributed by atoms with Gasteiger partial charge in [0.1, 0.15) is 11.6 Å². The molecule has 0 aliphatic heterocycles. The Kier molecular flexibility index (Phi) is 7.08. The van der Waals surface area contributed by atoms with Crippen molar-refractivity contribution in [1.29, 1.82) is 0 Å². The van der Waals surface area contributed by atoms with Gasteiger partial charge in [-0.25, -0.2) is 14.4 Å². The number of amides is 2. The summed E-state index contributed by atoms with van der Waals surface area (Å²) in [5, 5.41) is 5.39. The van der Waals surface area contributed by atoms with Crippen LogP contribution in [0.25, 0.3) is 0 Å². The average Bonchev–Trinajstić information content (AvgIpc) is 2.72. The molecule has 2 N–H and O–H groups in total. The highest BCUT2D eigenvalue weighted by molar-refractivity contribution is 9.10. The van der Waals surface area contributed by atoms with Gasteiger partial charge in [-0.2, -0.15) is 0 Å². The molecule has 3 aromatic rings. The Balaban J connectivity index is 1.51. The second-order valence-electron chi connectivity index (χ2n) is 6.29. The van der Waals surface area contributed by atoms with E-state index in [1.807, 2.05) is 6.92 Å². The molecule has 2 amide bonds. The summed E-state index contributed by atoms with van der Waals surface area (Å²) in [5.74, 6) is -0.695. The highest BCUT2D eigenvalue weighted by Gasteiger charge is 2.12. The van der Waals surface area contributed by atoms with Crippen molar-refractivity contribution in [2.24, 2.45) is 0 Å². The van der Waals surface area contributed by atoms with Crippen LogP contribution in [-0.4, -0.2) is 28.3 Å². The summed E-state index contributed by atoms with van der Waals surface area (Å²) >= 11 is 3.21. The van der Waals surface area contributed by atoms with E-state index in [1.54, 1.807) is 36.7 Å². The Morgan fingerprint density at radius 1 is 1.13 bits per heavy atom. The molecule has 0 radical (unpaired) electrons. The molecule has 7 nitrogen and oxygen atoms in total. The lowest BCUT2D eigenvalue weighted by molar-refractivity contribution is -0.116. The molecular weight excluding hydrogens is 455 g/mol. The van der Waals surface area contributed by atoms with Crippen molar-refractivity contribution in [3.8, 4) is 11.8 Å². The smallest absolute Gasteiger partial charge is 0.321 e. The first-order valence-corrected chi connectivity index (χ1v) is 9.80. The number of carbonyl (C=O) groups is 2. The number of ether oxygens (including phenoxy) is 1. The molecule has 1 heterocycles. The number of rotatable bonds is 7. The minimum Gasteiger partial charge on any atom is -0.424 e. The van der Waals surface area contributed by atoms with Crippen LogP contribution >= 0.6 is 15.9 Å². The van der Waals surface area contributed by atoms with Crippen molar-refractivity contribution < 1.29 is 18.7 Å². The Hall–Kier alpha value is -3.33. The number of halogens is 2. The molecular formula is C21H18BrFN4O3. The maximum Gasteiger partial charge on any atom is 0.321 e. The van der Waals surface area contributed by atoms with Gasteiger partial charge in [0.25, 0.3) is 5.91 Å². The topological polar surface area (TPSA) is 93.2 Å². The maximum absolute atomic E-state index is 13.3. The zero-order valence-corrected chi connectivity index (χ0v) is 17.6. The second-order valence-corrected chi connectivity index (χ2v) is 7.14. The van der Waals surface area contributed by atoms with Gasteiger partial charge in [-0.05, 0) is 70.9 Å². The molecule has 0 aliphatic carbocycles. The van der Waals surface area contributed by atoms with Crippen LogP contribution in [0.5, 0.6) is 11.8 Å². The third-order valence-corrected chi connectivity index (χ3v) is 4.73. The first-order valence-electron chi connectivity index (χ1n) is 9.01. The summed E-state index contributed by atoms with van der Waals surface area (Å²) in [5.41, 5.74) is 1.59. The van der Waals surface area contributed by atoms with Crippen LogP contribution in [0.3, 0.4) is 0 Å². The fraction of sp³-hybridized carbons (Fsp3) is 0.143. The molecule has 0 unspecified atom stereocenters. The van der Waals surface area contributed by atoms with Gasteiger partial charge in [0.15, 0.2) is 0 Å². The van der Waals surface area contributed by atoms with Gasteiger partial charge in [0, 0.05) is 35.5 Å². The highest BCUT2D eigenvalue weighted by Crippen LogP contribution is 2.24. The molecule has 0 aliphatic rings. The van der Waals surface area contributed by atoms with Crippen LogP contribution in [0.1, 0.15) is 22.3 Å². The SMILES string of the molecule is Cc1cc(Oc2ncccn2)ccc1NC(=O)CCNC(=O)c1cc(F)ccc1Br. The minimum atomic E-state index is -0.511. The van der Waals surface area contributed by atoms with E-state index in [4.69, 9.17) is 4.74 Å². The van der Waals surface area contributed by atoms with Crippen molar-refractivity contribution in [1.82, 2.24) is 15.3 Å². The average molecular weight is 473 g/mol. The molecule has 0 atom stereocenters. The van der Waals surface area contributed by atoms with Crippen LogP contribution in [0.2, 0.25) is 0 Å². The van der Waals surface area contributed by atoms with Gasteiger partial charge in [0.05, 0.1) is 5.56 Å². The third kappa shape index (κ3) is 5.84. The van der Waals surface area contributed by atoms with Gasteiger partial charge >= 0.3 is 6.01 Å². The molecule has 0 saturated heterocycles. The van der Waals surface area contributed by atoms with Crippen LogP contribution in [0.4, 0.5) is 10.1 Å². The van der Waals surface area contributed by atoms with Crippen molar-refractivity contribution in [3.05, 3.63) is 76.3 Å². The van der Waals surface area contributed by atoms with E-state index in [0.717, 1.165) is 11.6 Å². The van der Waals surface area contributed by atoms with Crippen LogP contribution in [0.15, 0.2) is 59.3 Å². The summed E-state index contributed by atoms with van der Waals surface area (Å²) in [6, 6.07) is 10.9. The van der Waals surface area contributed by atoms with Crippen LogP contribution < -0.4 is 15.4 Å². The number of aryl methyl sites for hydroxylation is 1. The second kappa shape index (κ2) is 9.93. The van der Waals surface area contributed by atoms with E-state index in [0.29, 0.717) is 15.9 Å². The molecule has 30 heavy (non-hydrogen) atoms. The van der Waals surface area contributed by atoms with Crippen molar-refractivity contribution >= 4 is 33.4 Å². The van der Waals surface area contributed by atoms with Crippen molar-refractivity contribution in [3.63, 3.8) is 0 Å². The summed E-state index contributed by atoms with van der Waals surface area (Å²) in [6.45, 7) is 1.94. The normalized spacial score (nSPS) is 10.4. The molecule has 0 saturated carbocycles. The summed E-state index contributed by atoms with van der Waals surface area (Å²) in [4.78, 5) is 32.3. The fourth-order valence-electron chi connectivity index (χ4n) is 2.55. The Bertz CT molecular complexity index is 1060.